The smallest absolute Gasteiger partial charge is 0.253 e. The zero-order valence-corrected chi connectivity index (χ0v) is 17.0. The Labute approximate surface area is 172 Å². The largest absolute Gasteiger partial charge is 0.494 e. The average Bonchev–Trinajstić information content (AvgIpc) is 3.42. The van der Waals surface area contributed by atoms with Crippen LogP contribution >= 0.6 is 11.8 Å². The number of ether oxygens (including phenoxy) is 1. The summed E-state index contributed by atoms with van der Waals surface area (Å²) in [5.41, 5.74) is 3.77. The lowest BCUT2D eigenvalue weighted by molar-refractivity contribution is -0.127. The van der Waals surface area contributed by atoms with Gasteiger partial charge >= 0.3 is 0 Å². The van der Waals surface area contributed by atoms with Gasteiger partial charge < -0.3 is 4.74 Å². The molecular weight excluding hydrogens is 388 g/mol. The molecule has 0 atom stereocenters. The van der Waals surface area contributed by atoms with Crippen LogP contribution in [0.15, 0.2) is 58.8 Å². The number of benzene rings is 2. The highest BCUT2D eigenvalue weighted by Crippen LogP contribution is 2.27. The number of hydrazone groups is 1. The predicted octanol–water partition coefficient (Wildman–Crippen LogP) is 2.71. The molecule has 1 amide bonds. The number of carbonyl (C=O) groups is 1. The second-order valence-electron chi connectivity index (χ2n) is 6.52. The van der Waals surface area contributed by atoms with Gasteiger partial charge in [-0.15, -0.1) is 5.10 Å². The van der Waals surface area contributed by atoms with Crippen LogP contribution in [0.5, 0.6) is 5.75 Å². The molecule has 0 saturated heterocycles. The summed E-state index contributed by atoms with van der Waals surface area (Å²) in [4.78, 5) is 12.6. The van der Waals surface area contributed by atoms with Gasteiger partial charge in [0.25, 0.3) is 5.91 Å². The molecule has 0 N–H and O–H groups in total. The van der Waals surface area contributed by atoms with E-state index in [9.17, 15) is 4.79 Å². The number of carbonyl (C=O) groups excluding carboxylic acids is 1. The molecular formula is C20H20N6O2S. The van der Waals surface area contributed by atoms with Gasteiger partial charge in [0, 0.05) is 6.42 Å². The SMILES string of the molecule is COc1ccc(C)cc1-n1nnnc1SCC(=O)N1CCC(c2ccccc2)=N1. The van der Waals surface area contributed by atoms with Crippen LogP contribution in [0.1, 0.15) is 17.5 Å². The molecule has 0 aliphatic carbocycles. The first-order valence-corrected chi connectivity index (χ1v) is 10.1. The molecule has 1 aromatic heterocycles. The molecule has 0 spiro atoms. The second kappa shape index (κ2) is 8.44. The summed E-state index contributed by atoms with van der Waals surface area (Å²) in [6.07, 6.45) is 0.749. The fourth-order valence-corrected chi connectivity index (χ4v) is 3.81. The minimum Gasteiger partial charge on any atom is -0.494 e. The molecule has 3 aromatic rings. The van der Waals surface area contributed by atoms with Crippen LogP contribution in [0.3, 0.4) is 0 Å². The molecule has 9 heteroatoms. The normalized spacial score (nSPS) is 13.4. The van der Waals surface area contributed by atoms with Gasteiger partial charge in [-0.05, 0) is 40.6 Å². The number of amides is 1. The number of methoxy groups -OCH3 is 1. The minimum absolute atomic E-state index is 0.0771. The zero-order valence-electron chi connectivity index (χ0n) is 16.1. The van der Waals surface area contributed by atoms with E-state index in [-0.39, 0.29) is 11.7 Å². The zero-order chi connectivity index (χ0) is 20.2. The van der Waals surface area contributed by atoms with Crippen molar-refractivity contribution in [1.29, 1.82) is 0 Å². The molecule has 0 bridgehead atoms. The summed E-state index contributed by atoms with van der Waals surface area (Å²) >= 11 is 1.28. The number of tetrazole rings is 1. The molecule has 0 radical (unpaired) electrons. The summed E-state index contributed by atoms with van der Waals surface area (Å²) in [5.74, 6) is 0.777. The van der Waals surface area contributed by atoms with E-state index in [2.05, 4.69) is 20.6 Å². The maximum atomic E-state index is 12.6. The standard InChI is InChI=1S/C20H20N6O2S/c1-14-8-9-18(28-2)17(12-14)26-20(21-23-24-26)29-13-19(27)25-11-10-16(22-25)15-6-4-3-5-7-15/h3-9,12H,10-11,13H2,1-2H3. The molecule has 1 aliphatic heterocycles. The summed E-state index contributed by atoms with van der Waals surface area (Å²) in [5, 5.41) is 18.4. The Bertz CT molecular complexity index is 1050. The van der Waals surface area contributed by atoms with Gasteiger partial charge in [0.2, 0.25) is 5.16 Å². The molecule has 29 heavy (non-hydrogen) atoms. The van der Waals surface area contributed by atoms with Crippen LogP contribution < -0.4 is 4.74 Å². The van der Waals surface area contributed by atoms with Gasteiger partial charge in [-0.1, -0.05) is 48.2 Å². The van der Waals surface area contributed by atoms with E-state index in [1.54, 1.807) is 11.8 Å². The van der Waals surface area contributed by atoms with Gasteiger partial charge in [0.1, 0.15) is 11.4 Å². The number of hydrogen-bond donors (Lipinski definition) is 0. The Hall–Kier alpha value is -3.20. The van der Waals surface area contributed by atoms with E-state index in [0.29, 0.717) is 17.5 Å². The molecule has 4 rings (SSSR count). The molecule has 0 unspecified atom stereocenters. The van der Waals surface area contributed by atoms with Crippen molar-refractivity contribution < 1.29 is 9.53 Å². The van der Waals surface area contributed by atoms with E-state index >= 15 is 0 Å². The fraction of sp³-hybridized carbons (Fsp3) is 0.250. The first-order chi connectivity index (χ1) is 14.2. The van der Waals surface area contributed by atoms with Crippen molar-refractivity contribution in [2.45, 2.75) is 18.5 Å². The highest BCUT2D eigenvalue weighted by atomic mass is 32.2. The van der Waals surface area contributed by atoms with Crippen molar-refractivity contribution in [3.63, 3.8) is 0 Å². The van der Waals surface area contributed by atoms with Crippen molar-refractivity contribution in [3.05, 3.63) is 59.7 Å². The van der Waals surface area contributed by atoms with Crippen LogP contribution in [0.2, 0.25) is 0 Å². The van der Waals surface area contributed by atoms with Gasteiger partial charge in [-0.25, -0.2) is 5.01 Å². The first-order valence-electron chi connectivity index (χ1n) is 9.15. The van der Waals surface area contributed by atoms with E-state index < -0.39 is 0 Å². The number of hydrogen-bond acceptors (Lipinski definition) is 7. The Morgan fingerprint density at radius 3 is 2.83 bits per heavy atom. The Kier molecular flexibility index (Phi) is 5.57. The number of rotatable bonds is 6. The van der Waals surface area contributed by atoms with Crippen LogP contribution in [0, 0.1) is 6.92 Å². The molecule has 1 aliphatic rings. The number of aryl methyl sites for hydroxylation is 1. The van der Waals surface area contributed by atoms with E-state index in [1.165, 1.54) is 16.8 Å². The number of aromatic nitrogens is 4. The summed E-state index contributed by atoms with van der Waals surface area (Å²) in [6.45, 7) is 2.57. The molecule has 8 nitrogen and oxygen atoms in total. The predicted molar refractivity (Wildman–Crippen MR) is 110 cm³/mol. The topological polar surface area (TPSA) is 85.5 Å². The van der Waals surface area contributed by atoms with Crippen LogP contribution in [0.4, 0.5) is 0 Å². The Balaban J connectivity index is 1.46. The van der Waals surface area contributed by atoms with Gasteiger partial charge in [0.05, 0.1) is 25.1 Å². The third-order valence-corrected chi connectivity index (χ3v) is 5.43. The van der Waals surface area contributed by atoms with Crippen LogP contribution in [0.25, 0.3) is 5.69 Å². The van der Waals surface area contributed by atoms with E-state index in [1.807, 2.05) is 55.5 Å². The van der Waals surface area contributed by atoms with Gasteiger partial charge in [-0.2, -0.15) is 9.78 Å². The van der Waals surface area contributed by atoms with E-state index in [0.717, 1.165) is 28.9 Å². The number of thioether (sulfide) groups is 1. The Morgan fingerprint density at radius 2 is 2.03 bits per heavy atom. The molecule has 148 valence electrons. The lowest BCUT2D eigenvalue weighted by atomic mass is 10.1. The highest BCUT2D eigenvalue weighted by molar-refractivity contribution is 7.99. The minimum atomic E-state index is -0.0771. The average molecular weight is 408 g/mol. The lowest BCUT2D eigenvalue weighted by Gasteiger charge is -2.12. The molecule has 0 fully saturated rings. The van der Waals surface area contributed by atoms with Crippen molar-refractivity contribution in [3.8, 4) is 11.4 Å². The van der Waals surface area contributed by atoms with Crippen molar-refractivity contribution >= 4 is 23.4 Å². The third-order valence-electron chi connectivity index (χ3n) is 4.52. The summed E-state index contributed by atoms with van der Waals surface area (Å²) in [6, 6.07) is 15.7. The highest BCUT2D eigenvalue weighted by Gasteiger charge is 2.23. The maximum absolute atomic E-state index is 12.6. The Morgan fingerprint density at radius 1 is 1.21 bits per heavy atom. The third kappa shape index (κ3) is 4.14. The molecule has 2 aromatic carbocycles. The number of nitrogens with zero attached hydrogens (tertiary/aromatic N) is 6. The molecule has 2 heterocycles. The first kappa shape index (κ1) is 19.1. The van der Waals surface area contributed by atoms with Crippen LogP contribution in [-0.2, 0) is 4.79 Å². The second-order valence-corrected chi connectivity index (χ2v) is 7.46. The van der Waals surface area contributed by atoms with Crippen molar-refractivity contribution in [2.24, 2.45) is 5.10 Å². The van der Waals surface area contributed by atoms with Crippen molar-refractivity contribution in [2.75, 3.05) is 19.4 Å². The molecule has 0 saturated carbocycles. The maximum Gasteiger partial charge on any atom is 0.253 e. The summed E-state index contributed by atoms with van der Waals surface area (Å²) < 4.78 is 7.01. The van der Waals surface area contributed by atoms with E-state index in [4.69, 9.17) is 4.74 Å². The van der Waals surface area contributed by atoms with Crippen molar-refractivity contribution in [1.82, 2.24) is 25.2 Å². The van der Waals surface area contributed by atoms with Gasteiger partial charge in [0.15, 0.2) is 0 Å². The fourth-order valence-electron chi connectivity index (χ4n) is 3.06. The quantitative estimate of drug-likeness (QED) is 0.583. The van der Waals surface area contributed by atoms with Gasteiger partial charge in [-0.3, -0.25) is 4.79 Å². The summed E-state index contributed by atoms with van der Waals surface area (Å²) in [7, 11) is 1.60. The lowest BCUT2D eigenvalue weighted by Crippen LogP contribution is -2.25. The van der Waals surface area contributed by atoms with Crippen LogP contribution in [-0.4, -0.2) is 56.2 Å². The monoisotopic (exact) mass is 408 g/mol.